The number of halogens is 3. The molecule has 4 rings (SSSR count). The first kappa shape index (κ1) is 16.1. The highest BCUT2D eigenvalue weighted by molar-refractivity contribution is 9.10. The number of rotatable bonds is 2. The first-order chi connectivity index (χ1) is 11.9. The van der Waals surface area contributed by atoms with Gasteiger partial charge < -0.3 is 5.73 Å². The van der Waals surface area contributed by atoms with E-state index in [2.05, 4.69) is 30.9 Å². The van der Waals surface area contributed by atoms with Crippen molar-refractivity contribution in [1.82, 2.24) is 9.88 Å². The van der Waals surface area contributed by atoms with Gasteiger partial charge in [-0.1, -0.05) is 28.1 Å². The maximum absolute atomic E-state index is 13.9. The van der Waals surface area contributed by atoms with Crippen LogP contribution in [-0.2, 0) is 5.54 Å². The topological polar surface area (TPSA) is 66.9 Å². The van der Waals surface area contributed by atoms with Crippen molar-refractivity contribution in [3.63, 3.8) is 0 Å². The van der Waals surface area contributed by atoms with E-state index in [1.54, 1.807) is 24.5 Å². The molecule has 0 spiro atoms. The lowest BCUT2D eigenvalue weighted by Gasteiger charge is -2.35. The van der Waals surface area contributed by atoms with E-state index in [9.17, 15) is 8.78 Å². The Balaban J connectivity index is 1.99. The van der Waals surface area contributed by atoms with E-state index >= 15 is 0 Å². The number of aromatic nitrogens is 1. The van der Waals surface area contributed by atoms with E-state index in [1.165, 1.54) is 4.90 Å². The molecule has 1 aromatic heterocycles. The number of benzene rings is 1. The van der Waals surface area contributed by atoms with Crippen LogP contribution in [0.5, 0.6) is 0 Å². The molecule has 0 saturated carbocycles. The molecule has 5 nitrogen and oxygen atoms in total. The van der Waals surface area contributed by atoms with Gasteiger partial charge in [0.1, 0.15) is 12.4 Å². The first-order valence-electron chi connectivity index (χ1n) is 7.65. The number of pyridine rings is 1. The Bertz CT molecular complexity index is 884. The van der Waals surface area contributed by atoms with Crippen molar-refractivity contribution < 1.29 is 8.78 Å². The predicted octanol–water partition coefficient (Wildman–Crippen LogP) is 2.77. The Morgan fingerprint density at radius 1 is 1.12 bits per heavy atom. The van der Waals surface area contributed by atoms with Gasteiger partial charge in [-0.25, -0.2) is 13.8 Å². The van der Waals surface area contributed by atoms with E-state index in [4.69, 9.17) is 5.73 Å². The van der Waals surface area contributed by atoms with Crippen molar-refractivity contribution in [3.05, 3.63) is 64.4 Å². The van der Waals surface area contributed by atoms with E-state index < -0.39 is 24.6 Å². The van der Waals surface area contributed by atoms with Crippen LogP contribution in [0.2, 0.25) is 0 Å². The maximum atomic E-state index is 13.9. The molecule has 0 amide bonds. The van der Waals surface area contributed by atoms with Crippen LogP contribution in [0.3, 0.4) is 0 Å². The minimum absolute atomic E-state index is 0.0370. The van der Waals surface area contributed by atoms with Crippen molar-refractivity contribution in [2.45, 2.75) is 11.5 Å². The molecule has 2 aliphatic rings. The fourth-order valence-corrected chi connectivity index (χ4v) is 3.67. The normalized spacial score (nSPS) is 24.5. The summed E-state index contributed by atoms with van der Waals surface area (Å²) in [5.74, 6) is -2.48. The Labute approximate surface area is 151 Å². The van der Waals surface area contributed by atoms with Gasteiger partial charge in [0, 0.05) is 16.9 Å². The molecule has 0 bridgehead atoms. The fraction of sp³-hybridized carbons (Fsp3) is 0.235. The molecule has 2 aliphatic heterocycles. The average Bonchev–Trinajstić information content (AvgIpc) is 2.88. The van der Waals surface area contributed by atoms with E-state index in [1.807, 2.05) is 24.3 Å². The van der Waals surface area contributed by atoms with E-state index in [0.717, 1.165) is 15.6 Å². The van der Waals surface area contributed by atoms with Crippen LogP contribution in [-0.4, -0.2) is 40.7 Å². The summed E-state index contributed by atoms with van der Waals surface area (Å²) in [6.07, 6.45) is 3.28. The van der Waals surface area contributed by atoms with Gasteiger partial charge in [-0.3, -0.25) is 14.9 Å². The lowest BCUT2D eigenvalue weighted by molar-refractivity contribution is -0.00437. The molecule has 25 heavy (non-hydrogen) atoms. The molecule has 1 aromatic carbocycles. The molecule has 128 valence electrons. The van der Waals surface area contributed by atoms with E-state index in [0.29, 0.717) is 5.84 Å². The molecule has 0 unspecified atom stereocenters. The number of aliphatic imine (C=N–C) groups is 2. The van der Waals surface area contributed by atoms with Crippen molar-refractivity contribution in [3.8, 4) is 0 Å². The molecule has 2 N–H and O–H groups in total. The van der Waals surface area contributed by atoms with Crippen molar-refractivity contribution >= 4 is 27.7 Å². The molecule has 2 aromatic rings. The molecular formula is C17H14BrF2N5. The summed E-state index contributed by atoms with van der Waals surface area (Å²) in [4.78, 5) is 14.2. The molecule has 1 atom stereocenters. The number of hydrogen-bond donors (Lipinski definition) is 1. The summed E-state index contributed by atoms with van der Waals surface area (Å²) in [6, 6.07) is 11.2. The largest absolute Gasteiger partial charge is 0.369 e. The highest BCUT2D eigenvalue weighted by Gasteiger charge is 2.53. The average molecular weight is 406 g/mol. The fourth-order valence-electron chi connectivity index (χ4n) is 3.27. The summed E-state index contributed by atoms with van der Waals surface area (Å²) in [7, 11) is 0. The molecular weight excluding hydrogens is 392 g/mol. The third-order valence-corrected chi connectivity index (χ3v) is 4.82. The van der Waals surface area contributed by atoms with Gasteiger partial charge in [0.25, 0.3) is 5.92 Å². The van der Waals surface area contributed by atoms with Crippen molar-refractivity contribution in [2.24, 2.45) is 15.7 Å². The molecule has 3 heterocycles. The maximum Gasteiger partial charge on any atom is 0.284 e. The summed E-state index contributed by atoms with van der Waals surface area (Å²) >= 11 is 3.46. The minimum atomic E-state index is -2.94. The van der Waals surface area contributed by atoms with Crippen LogP contribution in [0.25, 0.3) is 0 Å². The molecule has 0 fully saturated rings. The van der Waals surface area contributed by atoms with Crippen LogP contribution >= 0.6 is 15.9 Å². The standard InChI is InChI=1S/C17H14BrF2N5/c18-13-3-1-2-12(8-13)17(11-4-6-22-7-5-11)14-23-9-16(19,20)10-25(14)15(21)24-17/h1-8H,9-10H2,(H2,21,24)/t17-/m0/s1. The lowest BCUT2D eigenvalue weighted by Crippen LogP contribution is -2.53. The zero-order chi connectivity index (χ0) is 17.7. The highest BCUT2D eigenvalue weighted by atomic mass is 79.9. The molecule has 8 heteroatoms. The number of nitrogens with two attached hydrogens (primary N) is 1. The first-order valence-corrected chi connectivity index (χ1v) is 8.44. The van der Waals surface area contributed by atoms with Crippen LogP contribution in [0.1, 0.15) is 11.1 Å². The van der Waals surface area contributed by atoms with Gasteiger partial charge in [0.05, 0.1) is 6.54 Å². The van der Waals surface area contributed by atoms with Crippen LogP contribution in [0.15, 0.2) is 63.2 Å². The second-order valence-electron chi connectivity index (χ2n) is 6.01. The van der Waals surface area contributed by atoms with E-state index in [-0.39, 0.29) is 5.96 Å². The number of alkyl halides is 2. The number of nitrogens with zero attached hydrogens (tertiary/aromatic N) is 4. The highest BCUT2D eigenvalue weighted by Crippen LogP contribution is 2.43. The minimum Gasteiger partial charge on any atom is -0.369 e. The Morgan fingerprint density at radius 3 is 2.60 bits per heavy atom. The van der Waals surface area contributed by atoms with Gasteiger partial charge >= 0.3 is 0 Å². The van der Waals surface area contributed by atoms with Gasteiger partial charge in [-0.2, -0.15) is 0 Å². The molecule has 0 aliphatic carbocycles. The van der Waals surface area contributed by atoms with Crippen molar-refractivity contribution in [1.29, 1.82) is 0 Å². The quantitative estimate of drug-likeness (QED) is 0.834. The summed E-state index contributed by atoms with van der Waals surface area (Å²) < 4.78 is 28.6. The summed E-state index contributed by atoms with van der Waals surface area (Å²) in [5.41, 5.74) is 6.54. The second kappa shape index (κ2) is 5.59. The van der Waals surface area contributed by atoms with Crippen molar-refractivity contribution in [2.75, 3.05) is 13.1 Å². The molecule has 0 radical (unpaired) electrons. The number of hydrogen-bond acceptors (Lipinski definition) is 5. The Hall–Kier alpha value is -2.35. The zero-order valence-corrected chi connectivity index (χ0v) is 14.6. The third kappa shape index (κ3) is 2.52. The Kier molecular flexibility index (Phi) is 3.61. The van der Waals surface area contributed by atoms with Crippen LogP contribution < -0.4 is 5.73 Å². The van der Waals surface area contributed by atoms with Gasteiger partial charge in [-0.05, 0) is 35.4 Å². The number of amidine groups is 1. The summed E-state index contributed by atoms with van der Waals surface area (Å²) in [6.45, 7) is -1.11. The van der Waals surface area contributed by atoms with Gasteiger partial charge in [-0.15, -0.1) is 0 Å². The lowest BCUT2D eigenvalue weighted by atomic mass is 9.82. The smallest absolute Gasteiger partial charge is 0.284 e. The third-order valence-electron chi connectivity index (χ3n) is 4.33. The van der Waals surface area contributed by atoms with Crippen LogP contribution in [0, 0.1) is 0 Å². The Morgan fingerprint density at radius 2 is 1.88 bits per heavy atom. The number of guanidine groups is 1. The SMILES string of the molecule is NC1=N[C@@](c2ccncc2)(c2cccc(Br)c2)C2=NCC(F)(F)CN12. The zero-order valence-electron chi connectivity index (χ0n) is 13.0. The number of fused-ring (bicyclic) bond motifs is 1. The monoisotopic (exact) mass is 405 g/mol. The van der Waals surface area contributed by atoms with Gasteiger partial charge in [0.2, 0.25) is 0 Å². The summed E-state index contributed by atoms with van der Waals surface area (Å²) in [5, 5.41) is 0. The van der Waals surface area contributed by atoms with Gasteiger partial charge in [0.15, 0.2) is 11.5 Å². The molecule has 0 saturated heterocycles. The van der Waals surface area contributed by atoms with Crippen LogP contribution in [0.4, 0.5) is 8.78 Å². The second-order valence-corrected chi connectivity index (χ2v) is 6.92. The predicted molar refractivity (Wildman–Crippen MR) is 94.7 cm³/mol.